The van der Waals surface area contributed by atoms with Crippen LogP contribution in [0.5, 0.6) is 0 Å². The van der Waals surface area contributed by atoms with Crippen molar-refractivity contribution in [3.63, 3.8) is 0 Å². The molecule has 12 heteroatoms. The van der Waals surface area contributed by atoms with Crippen molar-refractivity contribution in [2.24, 2.45) is 10.9 Å². The van der Waals surface area contributed by atoms with Crippen molar-refractivity contribution in [1.82, 2.24) is 14.9 Å². The monoisotopic (exact) mass is 528 g/mol. The number of alkyl halides is 3. The van der Waals surface area contributed by atoms with Crippen LogP contribution >= 0.6 is 24.0 Å². The van der Waals surface area contributed by atoms with E-state index < -0.39 is 15.5 Å². The highest BCUT2D eigenvalue weighted by Crippen LogP contribution is 2.30. The molecule has 160 valence electrons. The number of nitrogens with one attached hydrogen (secondary N) is 2. The number of ether oxygens (including phenoxy) is 1. The molecule has 2 rings (SSSR count). The van der Waals surface area contributed by atoms with Crippen LogP contribution in [0.4, 0.5) is 13.2 Å². The number of hydrogen-bond donors (Lipinski definition) is 2. The van der Waals surface area contributed by atoms with Crippen LogP contribution in [0.1, 0.15) is 32.6 Å². The van der Waals surface area contributed by atoms with Crippen LogP contribution in [0.3, 0.4) is 0 Å². The molecule has 0 amide bonds. The second kappa shape index (κ2) is 11.0. The highest BCUT2D eigenvalue weighted by atomic mass is 127. The van der Waals surface area contributed by atoms with Gasteiger partial charge in [-0.3, -0.25) is 4.99 Å². The minimum Gasteiger partial charge on any atom is -0.376 e. The first-order chi connectivity index (χ1) is 12.2. The molecule has 0 spiro atoms. The molecule has 7 nitrogen and oxygen atoms in total. The lowest BCUT2D eigenvalue weighted by Crippen LogP contribution is -2.45. The molecule has 2 heterocycles. The summed E-state index contributed by atoms with van der Waals surface area (Å²) in [5, 5.41) is 6.34. The van der Waals surface area contributed by atoms with Gasteiger partial charge in [-0.05, 0) is 38.5 Å². The highest BCUT2D eigenvalue weighted by Gasteiger charge is 2.50. The van der Waals surface area contributed by atoms with Gasteiger partial charge >= 0.3 is 15.5 Å². The molecule has 0 aliphatic carbocycles. The van der Waals surface area contributed by atoms with E-state index in [1.54, 1.807) is 0 Å². The van der Waals surface area contributed by atoms with Gasteiger partial charge in [0.1, 0.15) is 0 Å². The molecule has 0 radical (unpaired) electrons. The van der Waals surface area contributed by atoms with Crippen LogP contribution in [0.2, 0.25) is 0 Å². The number of piperidine rings is 1. The van der Waals surface area contributed by atoms with Gasteiger partial charge in [-0.15, -0.1) is 24.0 Å². The minimum absolute atomic E-state index is 0. The lowest BCUT2D eigenvalue weighted by Gasteiger charge is -2.31. The number of halogens is 4. The summed E-state index contributed by atoms with van der Waals surface area (Å²) in [5.74, 6) is 0.709. The average Bonchev–Trinajstić information content (AvgIpc) is 3.10. The fourth-order valence-corrected chi connectivity index (χ4v) is 4.04. The Morgan fingerprint density at radius 2 is 1.89 bits per heavy atom. The molecule has 0 aromatic rings. The Kier molecular flexibility index (Phi) is 10.1. The van der Waals surface area contributed by atoms with Gasteiger partial charge in [0, 0.05) is 39.3 Å². The topological polar surface area (TPSA) is 83.0 Å². The first kappa shape index (κ1) is 24.7. The zero-order valence-electron chi connectivity index (χ0n) is 15.3. The third kappa shape index (κ3) is 7.20. The molecule has 0 saturated carbocycles. The molecule has 0 aromatic carbocycles. The molecule has 0 bridgehead atoms. The van der Waals surface area contributed by atoms with Crippen LogP contribution in [-0.4, -0.2) is 69.6 Å². The Morgan fingerprint density at radius 1 is 1.22 bits per heavy atom. The summed E-state index contributed by atoms with van der Waals surface area (Å²) in [6.45, 7) is 4.28. The van der Waals surface area contributed by atoms with Crippen molar-refractivity contribution in [2.75, 3.05) is 39.3 Å². The number of rotatable bonds is 6. The minimum atomic E-state index is -5.23. The van der Waals surface area contributed by atoms with Crippen molar-refractivity contribution < 1.29 is 26.3 Å². The predicted octanol–water partition coefficient (Wildman–Crippen LogP) is 1.90. The van der Waals surface area contributed by atoms with Gasteiger partial charge in [-0.25, -0.2) is 8.42 Å². The van der Waals surface area contributed by atoms with E-state index in [9.17, 15) is 21.6 Å². The van der Waals surface area contributed by atoms with Crippen LogP contribution < -0.4 is 10.6 Å². The van der Waals surface area contributed by atoms with Gasteiger partial charge in [-0.2, -0.15) is 17.5 Å². The molecule has 2 aliphatic rings. The van der Waals surface area contributed by atoms with Crippen molar-refractivity contribution in [3.05, 3.63) is 0 Å². The van der Waals surface area contributed by atoms with E-state index in [1.165, 1.54) is 0 Å². The zero-order chi connectivity index (χ0) is 19.2. The normalized spacial score (nSPS) is 23.1. The van der Waals surface area contributed by atoms with Crippen molar-refractivity contribution in [3.8, 4) is 0 Å². The standard InChI is InChI=1S/C15H27F3N4O3S.HI/c1-2-19-14(21-11-13-4-3-9-25-13)20-10-12-5-7-22(8-6-12)26(23,24)15(16,17)18;/h12-13H,2-11H2,1H3,(H2,19,20,21);1H. The van der Waals surface area contributed by atoms with Crippen LogP contribution in [-0.2, 0) is 14.8 Å². The molecular formula is C15H28F3IN4O3S. The summed E-state index contributed by atoms with van der Waals surface area (Å²) in [7, 11) is -5.22. The zero-order valence-corrected chi connectivity index (χ0v) is 18.4. The maximum Gasteiger partial charge on any atom is 0.511 e. The summed E-state index contributed by atoms with van der Waals surface area (Å²) < 4.78 is 66.7. The molecule has 27 heavy (non-hydrogen) atoms. The Balaban J connectivity index is 0.00000364. The van der Waals surface area contributed by atoms with Crippen LogP contribution in [0.25, 0.3) is 0 Å². The Labute approximate surface area is 175 Å². The molecule has 2 N–H and O–H groups in total. The second-order valence-corrected chi connectivity index (χ2v) is 8.46. The fraction of sp³-hybridized carbons (Fsp3) is 0.933. The first-order valence-electron chi connectivity index (χ1n) is 8.94. The van der Waals surface area contributed by atoms with Gasteiger partial charge in [-0.1, -0.05) is 0 Å². The number of nitrogens with zero attached hydrogens (tertiary/aromatic N) is 2. The average molecular weight is 528 g/mol. The molecule has 2 saturated heterocycles. The van der Waals surface area contributed by atoms with Gasteiger partial charge in [0.2, 0.25) is 0 Å². The Morgan fingerprint density at radius 3 is 2.41 bits per heavy atom. The quantitative estimate of drug-likeness (QED) is 0.313. The number of aliphatic imine (C=N–C) groups is 1. The summed E-state index contributed by atoms with van der Waals surface area (Å²) in [5.41, 5.74) is -5.23. The van der Waals surface area contributed by atoms with E-state index in [4.69, 9.17) is 4.74 Å². The smallest absolute Gasteiger partial charge is 0.376 e. The molecular weight excluding hydrogens is 500 g/mol. The third-order valence-corrected chi connectivity index (χ3v) is 6.21. The van der Waals surface area contributed by atoms with Crippen molar-refractivity contribution in [1.29, 1.82) is 0 Å². The summed E-state index contributed by atoms with van der Waals surface area (Å²) in [6, 6.07) is 0. The van der Waals surface area contributed by atoms with E-state index in [-0.39, 0.29) is 49.1 Å². The largest absolute Gasteiger partial charge is 0.511 e. The van der Waals surface area contributed by atoms with Crippen molar-refractivity contribution >= 4 is 40.0 Å². The van der Waals surface area contributed by atoms with E-state index in [2.05, 4.69) is 15.6 Å². The lowest BCUT2D eigenvalue weighted by molar-refractivity contribution is -0.0496. The maximum atomic E-state index is 12.6. The van der Waals surface area contributed by atoms with E-state index in [0.29, 0.717) is 42.7 Å². The third-order valence-electron chi connectivity index (χ3n) is 4.58. The second-order valence-electron chi connectivity index (χ2n) is 6.53. The van der Waals surface area contributed by atoms with Crippen molar-refractivity contribution in [2.45, 2.75) is 44.2 Å². The maximum absolute atomic E-state index is 12.6. The Hall–Kier alpha value is -0.340. The van der Waals surface area contributed by atoms with E-state index in [0.717, 1.165) is 19.4 Å². The van der Waals surface area contributed by atoms with Gasteiger partial charge in [0.25, 0.3) is 0 Å². The summed E-state index contributed by atoms with van der Waals surface area (Å²) in [4.78, 5) is 4.48. The first-order valence-corrected chi connectivity index (χ1v) is 10.4. The highest BCUT2D eigenvalue weighted by molar-refractivity contribution is 14.0. The number of hydrogen-bond acceptors (Lipinski definition) is 4. The number of guanidine groups is 1. The summed E-state index contributed by atoms with van der Waals surface area (Å²) in [6.07, 6.45) is 2.97. The molecule has 2 aliphatic heterocycles. The number of sulfonamides is 1. The fourth-order valence-electron chi connectivity index (χ4n) is 3.06. The van der Waals surface area contributed by atoms with Gasteiger partial charge < -0.3 is 15.4 Å². The Bertz CT molecular complexity index is 575. The molecule has 1 unspecified atom stereocenters. The van der Waals surface area contributed by atoms with E-state index in [1.807, 2.05) is 6.92 Å². The summed E-state index contributed by atoms with van der Waals surface area (Å²) >= 11 is 0. The molecule has 0 aromatic heterocycles. The molecule has 2 fully saturated rings. The van der Waals surface area contributed by atoms with Crippen LogP contribution in [0, 0.1) is 5.92 Å². The van der Waals surface area contributed by atoms with Crippen LogP contribution in [0.15, 0.2) is 4.99 Å². The lowest BCUT2D eigenvalue weighted by atomic mass is 9.98. The van der Waals surface area contributed by atoms with Gasteiger partial charge in [0.15, 0.2) is 5.96 Å². The van der Waals surface area contributed by atoms with Gasteiger partial charge in [0.05, 0.1) is 6.10 Å². The molecule has 1 atom stereocenters. The van der Waals surface area contributed by atoms with E-state index >= 15 is 0 Å². The predicted molar refractivity (Wildman–Crippen MR) is 108 cm³/mol. The SMILES string of the molecule is CCNC(=NCC1CCN(S(=O)(=O)C(F)(F)F)CC1)NCC1CCCO1.I.